The minimum absolute atomic E-state index is 0.728. The molecule has 1 saturated heterocycles. The highest BCUT2D eigenvalue weighted by molar-refractivity contribution is 4.86. The van der Waals surface area contributed by atoms with Crippen LogP contribution in [0, 0.1) is 0 Å². The lowest BCUT2D eigenvalue weighted by molar-refractivity contribution is 0.322. The summed E-state index contributed by atoms with van der Waals surface area (Å²) < 4.78 is 0. The average molecular weight is 198 g/mol. The van der Waals surface area contributed by atoms with E-state index in [4.69, 9.17) is 0 Å². The first-order chi connectivity index (χ1) is 6.67. The van der Waals surface area contributed by atoms with Gasteiger partial charge in [-0.05, 0) is 33.2 Å². The summed E-state index contributed by atoms with van der Waals surface area (Å²) in [5, 5.41) is 3.79. The van der Waals surface area contributed by atoms with Crippen molar-refractivity contribution in [3.8, 4) is 0 Å². The highest BCUT2D eigenvalue weighted by atomic mass is 15.2. The SMILES string of the molecule is CCCC(CC)NC1CC(C)N(C)C1. The van der Waals surface area contributed by atoms with Gasteiger partial charge in [0.2, 0.25) is 0 Å². The van der Waals surface area contributed by atoms with Crippen LogP contribution in [-0.2, 0) is 0 Å². The molecule has 0 aromatic rings. The van der Waals surface area contributed by atoms with Crippen molar-refractivity contribution in [1.82, 2.24) is 10.2 Å². The Morgan fingerprint density at radius 3 is 2.57 bits per heavy atom. The molecule has 0 amide bonds. The van der Waals surface area contributed by atoms with Gasteiger partial charge < -0.3 is 10.2 Å². The maximum absolute atomic E-state index is 3.79. The Kier molecular flexibility index (Phi) is 4.90. The molecular formula is C12H26N2. The fourth-order valence-corrected chi connectivity index (χ4v) is 2.40. The standard InChI is InChI=1S/C12H26N2/c1-5-7-11(6-2)13-12-8-10(3)14(4)9-12/h10-13H,5-9H2,1-4H3. The molecule has 14 heavy (non-hydrogen) atoms. The molecule has 1 aliphatic rings. The predicted molar refractivity (Wildman–Crippen MR) is 62.6 cm³/mol. The number of likely N-dealkylation sites (N-methyl/N-ethyl adjacent to an activating group) is 1. The van der Waals surface area contributed by atoms with Crippen molar-refractivity contribution in [3.05, 3.63) is 0 Å². The Morgan fingerprint density at radius 2 is 2.14 bits per heavy atom. The molecular weight excluding hydrogens is 172 g/mol. The number of nitrogens with zero attached hydrogens (tertiary/aromatic N) is 1. The van der Waals surface area contributed by atoms with Gasteiger partial charge in [-0.25, -0.2) is 0 Å². The largest absolute Gasteiger partial charge is 0.310 e. The number of nitrogens with one attached hydrogen (secondary N) is 1. The van der Waals surface area contributed by atoms with E-state index in [1.165, 1.54) is 32.2 Å². The van der Waals surface area contributed by atoms with Gasteiger partial charge in [0.15, 0.2) is 0 Å². The summed E-state index contributed by atoms with van der Waals surface area (Å²) >= 11 is 0. The zero-order valence-electron chi connectivity index (χ0n) is 10.2. The van der Waals surface area contributed by atoms with Crippen molar-refractivity contribution >= 4 is 0 Å². The Morgan fingerprint density at radius 1 is 1.43 bits per heavy atom. The van der Waals surface area contributed by atoms with Crippen LogP contribution in [0.25, 0.3) is 0 Å². The lowest BCUT2D eigenvalue weighted by Gasteiger charge is -2.21. The molecule has 1 rings (SSSR count). The molecule has 2 heteroatoms. The van der Waals surface area contributed by atoms with E-state index in [2.05, 4.69) is 38.0 Å². The first-order valence-corrected chi connectivity index (χ1v) is 6.13. The second-order valence-corrected chi connectivity index (χ2v) is 4.78. The zero-order valence-corrected chi connectivity index (χ0v) is 10.2. The molecule has 1 fully saturated rings. The van der Waals surface area contributed by atoms with E-state index in [0.29, 0.717) is 0 Å². The van der Waals surface area contributed by atoms with Gasteiger partial charge in [0.25, 0.3) is 0 Å². The van der Waals surface area contributed by atoms with Crippen LogP contribution in [0.3, 0.4) is 0 Å². The molecule has 1 heterocycles. The van der Waals surface area contributed by atoms with Gasteiger partial charge in [-0.2, -0.15) is 0 Å². The molecule has 84 valence electrons. The van der Waals surface area contributed by atoms with Crippen LogP contribution >= 0.6 is 0 Å². The molecule has 1 N–H and O–H groups in total. The number of hydrogen-bond donors (Lipinski definition) is 1. The van der Waals surface area contributed by atoms with E-state index in [1.807, 2.05) is 0 Å². The smallest absolute Gasteiger partial charge is 0.0212 e. The maximum Gasteiger partial charge on any atom is 0.0212 e. The van der Waals surface area contributed by atoms with Crippen LogP contribution in [0.5, 0.6) is 0 Å². The Labute approximate surface area is 89.1 Å². The second-order valence-electron chi connectivity index (χ2n) is 4.78. The van der Waals surface area contributed by atoms with Crippen molar-refractivity contribution < 1.29 is 0 Å². The van der Waals surface area contributed by atoms with Crippen LogP contribution in [0.4, 0.5) is 0 Å². The van der Waals surface area contributed by atoms with Crippen molar-refractivity contribution in [3.63, 3.8) is 0 Å². The highest BCUT2D eigenvalue weighted by Gasteiger charge is 2.26. The van der Waals surface area contributed by atoms with Gasteiger partial charge in [-0.1, -0.05) is 20.3 Å². The fraction of sp³-hybridized carbons (Fsp3) is 1.00. The summed E-state index contributed by atoms with van der Waals surface area (Å²) in [6.07, 6.45) is 5.20. The van der Waals surface area contributed by atoms with Crippen LogP contribution in [-0.4, -0.2) is 36.6 Å². The summed E-state index contributed by atoms with van der Waals surface area (Å²) in [7, 11) is 2.23. The molecule has 1 aliphatic heterocycles. The van der Waals surface area contributed by atoms with Gasteiger partial charge in [-0.3, -0.25) is 0 Å². The maximum atomic E-state index is 3.79. The van der Waals surface area contributed by atoms with Gasteiger partial charge >= 0.3 is 0 Å². The summed E-state index contributed by atoms with van der Waals surface area (Å²) in [6.45, 7) is 8.10. The normalized spacial score (nSPS) is 30.9. The lowest BCUT2D eigenvalue weighted by atomic mass is 10.1. The quantitative estimate of drug-likeness (QED) is 0.729. The lowest BCUT2D eigenvalue weighted by Crippen LogP contribution is -2.39. The van der Waals surface area contributed by atoms with E-state index in [1.54, 1.807) is 0 Å². The molecule has 2 nitrogen and oxygen atoms in total. The van der Waals surface area contributed by atoms with Crippen molar-refractivity contribution in [2.45, 2.75) is 64.6 Å². The monoisotopic (exact) mass is 198 g/mol. The molecule has 0 aromatic carbocycles. The van der Waals surface area contributed by atoms with E-state index < -0.39 is 0 Å². The molecule has 0 spiro atoms. The molecule has 0 aliphatic carbocycles. The number of likely N-dealkylation sites (tertiary alicyclic amines) is 1. The van der Waals surface area contributed by atoms with E-state index in [9.17, 15) is 0 Å². The number of hydrogen-bond acceptors (Lipinski definition) is 2. The van der Waals surface area contributed by atoms with Crippen LogP contribution < -0.4 is 5.32 Å². The summed E-state index contributed by atoms with van der Waals surface area (Å²) in [5.74, 6) is 0. The predicted octanol–water partition coefficient (Wildman–Crippen LogP) is 2.25. The van der Waals surface area contributed by atoms with Crippen LogP contribution in [0.15, 0.2) is 0 Å². The topological polar surface area (TPSA) is 15.3 Å². The third kappa shape index (κ3) is 3.25. The van der Waals surface area contributed by atoms with E-state index in [0.717, 1.165) is 18.1 Å². The summed E-state index contributed by atoms with van der Waals surface area (Å²) in [5.41, 5.74) is 0. The Bertz CT molecular complexity index is 148. The third-order valence-corrected chi connectivity index (χ3v) is 3.49. The highest BCUT2D eigenvalue weighted by Crippen LogP contribution is 2.16. The molecule has 0 aromatic heterocycles. The average Bonchev–Trinajstić information content (AvgIpc) is 2.45. The van der Waals surface area contributed by atoms with Gasteiger partial charge in [0.05, 0.1) is 0 Å². The number of rotatable bonds is 5. The second kappa shape index (κ2) is 5.72. The Hall–Kier alpha value is -0.0800. The Balaban J connectivity index is 2.29. The van der Waals surface area contributed by atoms with Gasteiger partial charge in [0.1, 0.15) is 0 Å². The van der Waals surface area contributed by atoms with Gasteiger partial charge in [0, 0.05) is 24.7 Å². The molecule has 3 atom stereocenters. The summed E-state index contributed by atoms with van der Waals surface area (Å²) in [6, 6.07) is 2.22. The first kappa shape index (κ1) is 12.0. The minimum Gasteiger partial charge on any atom is -0.310 e. The molecule has 0 saturated carbocycles. The van der Waals surface area contributed by atoms with Crippen LogP contribution in [0.2, 0.25) is 0 Å². The third-order valence-electron chi connectivity index (χ3n) is 3.49. The first-order valence-electron chi connectivity index (χ1n) is 6.13. The fourth-order valence-electron chi connectivity index (χ4n) is 2.40. The van der Waals surface area contributed by atoms with Crippen molar-refractivity contribution in [2.75, 3.05) is 13.6 Å². The minimum atomic E-state index is 0.728. The van der Waals surface area contributed by atoms with Gasteiger partial charge in [-0.15, -0.1) is 0 Å². The van der Waals surface area contributed by atoms with Crippen molar-refractivity contribution in [2.24, 2.45) is 0 Å². The molecule has 3 unspecified atom stereocenters. The summed E-state index contributed by atoms with van der Waals surface area (Å²) in [4.78, 5) is 2.45. The zero-order chi connectivity index (χ0) is 10.6. The van der Waals surface area contributed by atoms with Crippen molar-refractivity contribution in [1.29, 1.82) is 0 Å². The molecule has 0 bridgehead atoms. The van der Waals surface area contributed by atoms with E-state index in [-0.39, 0.29) is 0 Å². The van der Waals surface area contributed by atoms with E-state index >= 15 is 0 Å². The van der Waals surface area contributed by atoms with Crippen LogP contribution in [0.1, 0.15) is 46.5 Å². The molecule has 0 radical (unpaired) electrons.